The summed E-state index contributed by atoms with van der Waals surface area (Å²) in [6.07, 6.45) is 1.93. The number of hydrogen-bond donors (Lipinski definition) is 2. The van der Waals surface area contributed by atoms with Crippen molar-refractivity contribution in [1.29, 1.82) is 0 Å². The van der Waals surface area contributed by atoms with Gasteiger partial charge < -0.3 is 11.1 Å². The third-order valence-electron chi connectivity index (χ3n) is 3.91. The minimum Gasteiger partial charge on any atom is -0.378 e. The standard InChI is InChI=1S/C18H24N2/c1-3-18(14-19,13-16-7-5-4-6-8-16)20-17-11-9-15(2)10-12-17/h4-12,20H,3,13-14,19H2,1-2H3. The molecule has 2 heteroatoms. The fourth-order valence-electron chi connectivity index (χ4n) is 2.45. The molecule has 1 unspecified atom stereocenters. The molecule has 2 aromatic rings. The van der Waals surface area contributed by atoms with Gasteiger partial charge in [-0.05, 0) is 37.5 Å². The Kier molecular flexibility index (Phi) is 4.80. The predicted molar refractivity (Wildman–Crippen MR) is 87.0 cm³/mol. The first-order valence-electron chi connectivity index (χ1n) is 7.26. The zero-order chi connectivity index (χ0) is 14.4. The summed E-state index contributed by atoms with van der Waals surface area (Å²) in [5.41, 5.74) is 9.72. The van der Waals surface area contributed by atoms with Crippen molar-refractivity contribution in [2.45, 2.75) is 32.2 Å². The van der Waals surface area contributed by atoms with Gasteiger partial charge in [0, 0.05) is 12.2 Å². The number of nitrogens with two attached hydrogens (primary N) is 1. The summed E-state index contributed by atoms with van der Waals surface area (Å²) in [6, 6.07) is 19.0. The molecule has 2 nitrogen and oxygen atoms in total. The molecule has 0 fully saturated rings. The Morgan fingerprint density at radius 1 is 1.00 bits per heavy atom. The van der Waals surface area contributed by atoms with Gasteiger partial charge in [0.25, 0.3) is 0 Å². The van der Waals surface area contributed by atoms with Crippen LogP contribution in [0, 0.1) is 6.92 Å². The van der Waals surface area contributed by atoms with Gasteiger partial charge in [-0.2, -0.15) is 0 Å². The summed E-state index contributed by atoms with van der Waals surface area (Å²) in [5, 5.41) is 3.64. The SMILES string of the molecule is CCC(CN)(Cc1ccccc1)Nc1ccc(C)cc1. The molecule has 0 saturated heterocycles. The Morgan fingerprint density at radius 2 is 1.65 bits per heavy atom. The number of rotatable bonds is 6. The van der Waals surface area contributed by atoms with E-state index in [2.05, 4.69) is 67.7 Å². The van der Waals surface area contributed by atoms with Crippen LogP contribution in [0.3, 0.4) is 0 Å². The molecule has 0 bridgehead atoms. The molecule has 1 atom stereocenters. The van der Waals surface area contributed by atoms with Gasteiger partial charge in [0.1, 0.15) is 0 Å². The van der Waals surface area contributed by atoms with Gasteiger partial charge >= 0.3 is 0 Å². The first kappa shape index (κ1) is 14.6. The minimum atomic E-state index is -0.0867. The summed E-state index contributed by atoms with van der Waals surface area (Å²) in [6.45, 7) is 4.91. The first-order valence-corrected chi connectivity index (χ1v) is 7.26. The van der Waals surface area contributed by atoms with Crippen molar-refractivity contribution in [2.24, 2.45) is 5.73 Å². The second-order valence-electron chi connectivity index (χ2n) is 5.49. The second kappa shape index (κ2) is 6.58. The molecule has 0 aromatic heterocycles. The van der Waals surface area contributed by atoms with E-state index in [1.807, 2.05) is 6.07 Å². The van der Waals surface area contributed by atoms with Crippen molar-refractivity contribution in [3.63, 3.8) is 0 Å². The third kappa shape index (κ3) is 3.61. The highest BCUT2D eigenvalue weighted by Gasteiger charge is 2.26. The van der Waals surface area contributed by atoms with Crippen LogP contribution in [0.2, 0.25) is 0 Å². The van der Waals surface area contributed by atoms with E-state index in [1.54, 1.807) is 0 Å². The normalized spacial score (nSPS) is 13.8. The molecule has 0 spiro atoms. The molecule has 0 saturated carbocycles. The molecule has 0 radical (unpaired) electrons. The maximum Gasteiger partial charge on any atom is 0.0533 e. The summed E-state index contributed by atoms with van der Waals surface area (Å²) in [7, 11) is 0. The molecular formula is C18H24N2. The van der Waals surface area contributed by atoms with Crippen molar-refractivity contribution < 1.29 is 0 Å². The van der Waals surface area contributed by atoms with Gasteiger partial charge in [-0.1, -0.05) is 55.0 Å². The number of hydrogen-bond acceptors (Lipinski definition) is 2. The highest BCUT2D eigenvalue weighted by atomic mass is 15.0. The van der Waals surface area contributed by atoms with E-state index in [9.17, 15) is 0 Å². The van der Waals surface area contributed by atoms with Crippen LogP contribution >= 0.6 is 0 Å². The molecule has 0 amide bonds. The van der Waals surface area contributed by atoms with Gasteiger partial charge in [0.2, 0.25) is 0 Å². The van der Waals surface area contributed by atoms with Crippen molar-refractivity contribution in [2.75, 3.05) is 11.9 Å². The summed E-state index contributed by atoms with van der Waals surface area (Å²) >= 11 is 0. The number of benzene rings is 2. The first-order chi connectivity index (χ1) is 9.67. The molecule has 0 aliphatic rings. The van der Waals surface area contributed by atoms with Crippen LogP contribution in [0.5, 0.6) is 0 Å². The summed E-state index contributed by atoms with van der Waals surface area (Å²) in [4.78, 5) is 0. The van der Waals surface area contributed by atoms with E-state index in [0.29, 0.717) is 6.54 Å². The Morgan fingerprint density at radius 3 is 2.20 bits per heavy atom. The van der Waals surface area contributed by atoms with Crippen molar-refractivity contribution in [1.82, 2.24) is 0 Å². The lowest BCUT2D eigenvalue weighted by molar-refractivity contribution is 0.457. The lowest BCUT2D eigenvalue weighted by Crippen LogP contribution is -2.47. The fourth-order valence-corrected chi connectivity index (χ4v) is 2.45. The minimum absolute atomic E-state index is 0.0867. The second-order valence-corrected chi connectivity index (χ2v) is 5.49. The van der Waals surface area contributed by atoms with E-state index in [1.165, 1.54) is 11.1 Å². The number of aryl methyl sites for hydroxylation is 1. The molecule has 20 heavy (non-hydrogen) atoms. The van der Waals surface area contributed by atoms with E-state index in [0.717, 1.165) is 18.5 Å². The van der Waals surface area contributed by atoms with Crippen molar-refractivity contribution in [3.8, 4) is 0 Å². The molecule has 0 aliphatic carbocycles. The van der Waals surface area contributed by atoms with Crippen molar-refractivity contribution >= 4 is 5.69 Å². The zero-order valence-corrected chi connectivity index (χ0v) is 12.4. The Balaban J connectivity index is 2.18. The van der Waals surface area contributed by atoms with E-state index >= 15 is 0 Å². The van der Waals surface area contributed by atoms with Gasteiger partial charge in [-0.3, -0.25) is 0 Å². The third-order valence-corrected chi connectivity index (χ3v) is 3.91. The largest absolute Gasteiger partial charge is 0.378 e. The van der Waals surface area contributed by atoms with Gasteiger partial charge in [-0.15, -0.1) is 0 Å². The Bertz CT molecular complexity index is 513. The lowest BCUT2D eigenvalue weighted by atomic mass is 9.87. The zero-order valence-electron chi connectivity index (χ0n) is 12.4. The molecule has 3 N–H and O–H groups in total. The Labute approximate surface area is 122 Å². The van der Waals surface area contributed by atoms with Crippen LogP contribution < -0.4 is 11.1 Å². The van der Waals surface area contributed by atoms with Crippen molar-refractivity contribution in [3.05, 3.63) is 65.7 Å². The molecule has 106 valence electrons. The van der Waals surface area contributed by atoms with E-state index in [4.69, 9.17) is 5.73 Å². The quantitative estimate of drug-likeness (QED) is 0.837. The average Bonchev–Trinajstić information content (AvgIpc) is 2.50. The maximum atomic E-state index is 6.08. The van der Waals surface area contributed by atoms with Crippen LogP contribution in [0.4, 0.5) is 5.69 Å². The molecule has 0 heterocycles. The van der Waals surface area contributed by atoms with E-state index < -0.39 is 0 Å². The number of anilines is 1. The van der Waals surface area contributed by atoms with Gasteiger partial charge in [0.15, 0.2) is 0 Å². The predicted octanol–water partition coefficient (Wildman–Crippen LogP) is 3.76. The highest BCUT2D eigenvalue weighted by molar-refractivity contribution is 5.47. The van der Waals surface area contributed by atoms with Crippen LogP contribution in [0.1, 0.15) is 24.5 Å². The number of nitrogens with one attached hydrogen (secondary N) is 1. The maximum absolute atomic E-state index is 6.08. The van der Waals surface area contributed by atoms with Crippen LogP contribution in [-0.4, -0.2) is 12.1 Å². The molecular weight excluding hydrogens is 244 g/mol. The highest BCUT2D eigenvalue weighted by Crippen LogP contribution is 2.23. The van der Waals surface area contributed by atoms with Crippen LogP contribution in [0.25, 0.3) is 0 Å². The lowest BCUT2D eigenvalue weighted by Gasteiger charge is -2.34. The average molecular weight is 268 g/mol. The molecule has 2 aromatic carbocycles. The Hall–Kier alpha value is -1.80. The fraction of sp³-hybridized carbons (Fsp3) is 0.333. The van der Waals surface area contributed by atoms with Gasteiger partial charge in [-0.25, -0.2) is 0 Å². The van der Waals surface area contributed by atoms with Crippen LogP contribution in [-0.2, 0) is 6.42 Å². The summed E-state index contributed by atoms with van der Waals surface area (Å²) in [5.74, 6) is 0. The molecule has 0 aliphatic heterocycles. The van der Waals surface area contributed by atoms with Gasteiger partial charge in [0.05, 0.1) is 5.54 Å². The smallest absolute Gasteiger partial charge is 0.0533 e. The van der Waals surface area contributed by atoms with E-state index in [-0.39, 0.29) is 5.54 Å². The van der Waals surface area contributed by atoms with Crippen LogP contribution in [0.15, 0.2) is 54.6 Å². The molecule has 2 rings (SSSR count). The monoisotopic (exact) mass is 268 g/mol. The summed E-state index contributed by atoms with van der Waals surface area (Å²) < 4.78 is 0. The topological polar surface area (TPSA) is 38.0 Å².